The lowest BCUT2D eigenvalue weighted by molar-refractivity contribution is -0.143. The predicted octanol–water partition coefficient (Wildman–Crippen LogP) is 17.3. The van der Waals surface area contributed by atoms with Gasteiger partial charge in [-0.25, -0.2) is 0 Å². The monoisotopic (exact) mass is 890 g/mol. The van der Waals surface area contributed by atoms with E-state index in [-0.39, 0.29) is 18.5 Å². The Morgan fingerprint density at radius 3 is 1.08 bits per heavy atom. The summed E-state index contributed by atoms with van der Waals surface area (Å²) >= 11 is 0. The standard InChI is InChI=1S/C57H111NO5/c1-3-5-7-9-11-13-15-16-17-18-19-20-21-22-23-26-30-33-37-41-45-49-55(60)54(53-59)58-56(61)50-46-42-38-34-31-27-24-25-28-32-36-40-44-48-52-63-57(62)51-47-43-39-35-29-14-12-10-8-6-4-2/h45,49,54-55,59-60H,3-44,46-48,50-53H2,1-2H3,(H,58,61)/b49-45+. The molecule has 0 saturated carbocycles. The van der Waals surface area contributed by atoms with Gasteiger partial charge in [-0.15, -0.1) is 0 Å². The predicted molar refractivity (Wildman–Crippen MR) is 273 cm³/mol. The van der Waals surface area contributed by atoms with Gasteiger partial charge in [0, 0.05) is 12.8 Å². The van der Waals surface area contributed by atoms with Gasteiger partial charge in [-0.2, -0.15) is 0 Å². The average Bonchev–Trinajstić information content (AvgIpc) is 3.28. The first-order valence-corrected chi connectivity index (χ1v) is 28.5. The molecule has 6 heteroatoms. The molecule has 0 aliphatic carbocycles. The number of carbonyl (C=O) groups excluding carboxylic acids is 2. The normalized spacial score (nSPS) is 12.6. The van der Waals surface area contributed by atoms with Crippen LogP contribution >= 0.6 is 0 Å². The lowest BCUT2D eigenvalue weighted by Gasteiger charge is -2.20. The maximum Gasteiger partial charge on any atom is 0.305 e. The molecule has 374 valence electrons. The van der Waals surface area contributed by atoms with Crippen molar-refractivity contribution in [1.82, 2.24) is 5.32 Å². The van der Waals surface area contributed by atoms with E-state index in [1.807, 2.05) is 6.08 Å². The van der Waals surface area contributed by atoms with E-state index in [4.69, 9.17) is 4.74 Å². The van der Waals surface area contributed by atoms with Crippen molar-refractivity contribution in [3.63, 3.8) is 0 Å². The number of hydrogen-bond donors (Lipinski definition) is 3. The number of rotatable bonds is 53. The van der Waals surface area contributed by atoms with Gasteiger partial charge in [-0.3, -0.25) is 9.59 Å². The largest absolute Gasteiger partial charge is 0.466 e. The molecule has 1 amide bonds. The highest BCUT2D eigenvalue weighted by Gasteiger charge is 2.18. The SMILES string of the molecule is CCCCCCCCCCCCCCCCCCCCC/C=C/C(O)C(CO)NC(=O)CCCCCCCCCCCCCCCCOC(=O)CCCCCCCCCCCCC. The minimum atomic E-state index is -0.851. The number of carbonyl (C=O) groups is 2. The van der Waals surface area contributed by atoms with Gasteiger partial charge >= 0.3 is 5.97 Å². The number of unbranched alkanes of at least 4 members (excludes halogenated alkanes) is 42. The first-order valence-electron chi connectivity index (χ1n) is 28.5. The van der Waals surface area contributed by atoms with Gasteiger partial charge in [-0.1, -0.05) is 283 Å². The van der Waals surface area contributed by atoms with Crippen molar-refractivity contribution in [3.05, 3.63) is 12.2 Å². The fraction of sp³-hybridized carbons (Fsp3) is 0.930. The zero-order chi connectivity index (χ0) is 45.8. The van der Waals surface area contributed by atoms with E-state index in [2.05, 4.69) is 19.2 Å². The minimum absolute atomic E-state index is 0.00306. The molecule has 0 spiro atoms. The summed E-state index contributed by atoms with van der Waals surface area (Å²) in [4.78, 5) is 24.5. The van der Waals surface area contributed by atoms with Crippen LogP contribution in [0.25, 0.3) is 0 Å². The molecule has 0 aromatic heterocycles. The van der Waals surface area contributed by atoms with Crippen molar-refractivity contribution in [1.29, 1.82) is 0 Å². The van der Waals surface area contributed by atoms with E-state index < -0.39 is 12.1 Å². The second-order valence-corrected chi connectivity index (χ2v) is 19.6. The molecule has 0 fully saturated rings. The first-order chi connectivity index (χ1) is 31.0. The van der Waals surface area contributed by atoms with Crippen molar-refractivity contribution in [2.24, 2.45) is 0 Å². The van der Waals surface area contributed by atoms with Crippen LogP contribution in [-0.4, -0.2) is 47.4 Å². The Morgan fingerprint density at radius 2 is 0.730 bits per heavy atom. The summed E-state index contributed by atoms with van der Waals surface area (Å²) in [6, 6.07) is -0.635. The fourth-order valence-corrected chi connectivity index (χ4v) is 8.93. The maximum absolute atomic E-state index is 12.5. The molecule has 0 heterocycles. The number of hydrogen-bond acceptors (Lipinski definition) is 5. The van der Waals surface area contributed by atoms with E-state index >= 15 is 0 Å². The van der Waals surface area contributed by atoms with Gasteiger partial charge in [0.25, 0.3) is 0 Å². The Morgan fingerprint density at radius 1 is 0.429 bits per heavy atom. The van der Waals surface area contributed by atoms with Crippen LogP contribution < -0.4 is 5.32 Å². The van der Waals surface area contributed by atoms with Gasteiger partial charge in [0.15, 0.2) is 0 Å². The first kappa shape index (κ1) is 61.6. The Labute approximate surface area is 393 Å². The van der Waals surface area contributed by atoms with Crippen LogP contribution in [0.1, 0.15) is 316 Å². The summed E-state index contributed by atoms with van der Waals surface area (Å²) in [7, 11) is 0. The molecule has 63 heavy (non-hydrogen) atoms. The van der Waals surface area contributed by atoms with Crippen LogP contribution in [0.4, 0.5) is 0 Å². The molecular formula is C57H111NO5. The summed E-state index contributed by atoms with van der Waals surface area (Å²) in [6.45, 7) is 4.90. The lowest BCUT2D eigenvalue weighted by Crippen LogP contribution is -2.45. The van der Waals surface area contributed by atoms with E-state index in [0.29, 0.717) is 19.4 Å². The number of aliphatic hydroxyl groups excluding tert-OH is 2. The van der Waals surface area contributed by atoms with Crippen molar-refractivity contribution < 1.29 is 24.5 Å². The third-order valence-corrected chi connectivity index (χ3v) is 13.3. The molecular weight excluding hydrogens is 779 g/mol. The molecule has 2 unspecified atom stereocenters. The molecule has 3 N–H and O–H groups in total. The van der Waals surface area contributed by atoms with Gasteiger partial charge in [0.1, 0.15) is 0 Å². The van der Waals surface area contributed by atoms with Gasteiger partial charge in [-0.05, 0) is 32.1 Å². The van der Waals surface area contributed by atoms with Crippen molar-refractivity contribution in [3.8, 4) is 0 Å². The van der Waals surface area contributed by atoms with E-state index in [9.17, 15) is 19.8 Å². The quantitative estimate of drug-likeness (QED) is 0.0321. The van der Waals surface area contributed by atoms with Gasteiger partial charge in [0.2, 0.25) is 5.91 Å². The second kappa shape index (κ2) is 53.2. The summed E-state index contributed by atoms with van der Waals surface area (Å²) in [5.74, 6) is -0.0783. The number of amides is 1. The summed E-state index contributed by atoms with van der Waals surface area (Å²) in [5.41, 5.74) is 0. The summed E-state index contributed by atoms with van der Waals surface area (Å²) < 4.78 is 5.45. The molecule has 0 aromatic rings. The number of nitrogens with one attached hydrogen (secondary N) is 1. The molecule has 0 aliphatic rings. The molecule has 0 bridgehead atoms. The third-order valence-electron chi connectivity index (χ3n) is 13.3. The smallest absolute Gasteiger partial charge is 0.305 e. The van der Waals surface area contributed by atoms with Crippen molar-refractivity contribution >= 4 is 11.9 Å². The van der Waals surface area contributed by atoms with Crippen LogP contribution in [0.3, 0.4) is 0 Å². The summed E-state index contributed by atoms with van der Waals surface area (Å²) in [6.07, 6.45) is 62.2. The number of allylic oxidation sites excluding steroid dienone is 1. The van der Waals surface area contributed by atoms with E-state index in [1.165, 1.54) is 231 Å². The molecule has 2 atom stereocenters. The average molecular weight is 891 g/mol. The molecule has 0 aliphatic heterocycles. The highest BCUT2D eigenvalue weighted by atomic mass is 16.5. The van der Waals surface area contributed by atoms with Crippen LogP contribution in [0.2, 0.25) is 0 Å². The second-order valence-electron chi connectivity index (χ2n) is 19.6. The zero-order valence-electron chi connectivity index (χ0n) is 42.6. The highest BCUT2D eigenvalue weighted by Crippen LogP contribution is 2.17. The molecule has 0 saturated heterocycles. The van der Waals surface area contributed by atoms with Crippen LogP contribution in [0, 0.1) is 0 Å². The lowest BCUT2D eigenvalue weighted by atomic mass is 10.0. The molecule has 0 aromatic carbocycles. The number of esters is 1. The Kier molecular flexibility index (Phi) is 52.0. The maximum atomic E-state index is 12.5. The topological polar surface area (TPSA) is 95.9 Å². The van der Waals surface area contributed by atoms with Crippen molar-refractivity contribution in [2.45, 2.75) is 328 Å². The molecule has 0 radical (unpaired) electrons. The third kappa shape index (κ3) is 49.9. The fourth-order valence-electron chi connectivity index (χ4n) is 8.93. The molecule has 6 nitrogen and oxygen atoms in total. The van der Waals surface area contributed by atoms with E-state index in [1.54, 1.807) is 6.08 Å². The zero-order valence-corrected chi connectivity index (χ0v) is 42.6. The molecule has 0 rings (SSSR count). The van der Waals surface area contributed by atoms with E-state index in [0.717, 1.165) is 57.8 Å². The Hall–Kier alpha value is -1.40. The van der Waals surface area contributed by atoms with Crippen molar-refractivity contribution in [2.75, 3.05) is 13.2 Å². The van der Waals surface area contributed by atoms with Crippen LogP contribution in [-0.2, 0) is 14.3 Å². The summed E-state index contributed by atoms with van der Waals surface area (Å²) in [5, 5.41) is 23.2. The Balaban J connectivity index is 3.48. The van der Waals surface area contributed by atoms with Gasteiger partial charge < -0.3 is 20.3 Å². The van der Waals surface area contributed by atoms with Gasteiger partial charge in [0.05, 0.1) is 25.4 Å². The Bertz CT molecular complexity index is 939. The highest BCUT2D eigenvalue weighted by molar-refractivity contribution is 5.76. The number of ether oxygens (including phenoxy) is 1. The number of aliphatic hydroxyl groups is 2. The van der Waals surface area contributed by atoms with Crippen LogP contribution in [0.15, 0.2) is 12.2 Å². The minimum Gasteiger partial charge on any atom is -0.466 e. The van der Waals surface area contributed by atoms with Crippen LogP contribution in [0.5, 0.6) is 0 Å².